The number of hydrogen-bond donors (Lipinski definition) is 3. The first kappa shape index (κ1) is 15.2. The number of carbonyl (C=O) groups is 1. The fourth-order valence-electron chi connectivity index (χ4n) is 2.00. The first-order valence-corrected chi connectivity index (χ1v) is 6.83. The maximum Gasteiger partial charge on any atom is 0.270 e. The third kappa shape index (κ3) is 4.37. The highest BCUT2D eigenvalue weighted by molar-refractivity contribution is 5.92. The van der Waals surface area contributed by atoms with E-state index in [0.29, 0.717) is 18.7 Å². The smallest absolute Gasteiger partial charge is 0.270 e. The molecule has 1 atom stereocenters. The summed E-state index contributed by atoms with van der Waals surface area (Å²) in [6.45, 7) is 0.268. The van der Waals surface area contributed by atoms with Gasteiger partial charge in [0, 0.05) is 12.7 Å². The molecule has 110 valence electrons. The second-order valence-corrected chi connectivity index (χ2v) is 4.80. The Balaban J connectivity index is 1.98. The van der Waals surface area contributed by atoms with Crippen LogP contribution in [0.3, 0.4) is 0 Å². The maximum absolute atomic E-state index is 12.1. The van der Waals surface area contributed by atoms with Gasteiger partial charge in [-0.1, -0.05) is 36.4 Å². The lowest BCUT2D eigenvalue weighted by molar-refractivity contribution is 0.0911. The van der Waals surface area contributed by atoms with Gasteiger partial charge in [-0.15, -0.1) is 0 Å². The third-order valence-corrected chi connectivity index (χ3v) is 3.17. The van der Waals surface area contributed by atoms with Crippen LogP contribution in [-0.2, 0) is 13.0 Å². The van der Waals surface area contributed by atoms with Crippen LogP contribution in [0.5, 0.6) is 0 Å². The van der Waals surface area contributed by atoms with Crippen molar-refractivity contribution in [3.8, 4) is 0 Å². The minimum atomic E-state index is -0.337. The molecule has 0 aliphatic rings. The normalized spacial score (nSPS) is 11.9. The molecule has 0 aliphatic heterocycles. The molecule has 0 unspecified atom stereocenters. The lowest BCUT2D eigenvalue weighted by atomic mass is 10.1. The molecular weight excluding hydrogens is 266 g/mol. The van der Waals surface area contributed by atoms with Gasteiger partial charge in [-0.05, 0) is 23.6 Å². The van der Waals surface area contributed by atoms with Crippen LogP contribution in [0.4, 0.5) is 0 Å². The quantitative estimate of drug-likeness (QED) is 0.735. The number of benzene rings is 1. The number of aliphatic hydroxyl groups is 1. The van der Waals surface area contributed by atoms with E-state index in [1.54, 1.807) is 18.3 Å². The van der Waals surface area contributed by atoms with Crippen LogP contribution in [0, 0.1) is 0 Å². The molecule has 1 aromatic carbocycles. The highest BCUT2D eigenvalue weighted by Gasteiger charge is 2.14. The van der Waals surface area contributed by atoms with E-state index in [-0.39, 0.29) is 18.6 Å². The summed E-state index contributed by atoms with van der Waals surface area (Å²) in [4.78, 5) is 16.2. The lowest BCUT2D eigenvalue weighted by Gasteiger charge is -2.16. The van der Waals surface area contributed by atoms with Gasteiger partial charge < -0.3 is 16.2 Å². The van der Waals surface area contributed by atoms with Gasteiger partial charge in [0.2, 0.25) is 0 Å². The predicted octanol–water partition coefficient (Wildman–Crippen LogP) is 0.874. The van der Waals surface area contributed by atoms with Crippen molar-refractivity contribution in [3.05, 3.63) is 65.5 Å². The predicted molar refractivity (Wildman–Crippen MR) is 80.6 cm³/mol. The van der Waals surface area contributed by atoms with E-state index in [1.807, 2.05) is 30.3 Å². The van der Waals surface area contributed by atoms with Crippen LogP contribution in [0.2, 0.25) is 0 Å². The number of nitrogens with one attached hydrogen (secondary N) is 1. The minimum Gasteiger partial charge on any atom is -0.394 e. The van der Waals surface area contributed by atoms with Gasteiger partial charge in [0.25, 0.3) is 5.91 Å². The number of nitrogens with two attached hydrogens (primary N) is 1. The average molecular weight is 285 g/mol. The zero-order valence-electron chi connectivity index (χ0n) is 11.7. The van der Waals surface area contributed by atoms with Crippen molar-refractivity contribution in [3.63, 3.8) is 0 Å². The maximum atomic E-state index is 12.1. The van der Waals surface area contributed by atoms with E-state index in [1.165, 1.54) is 0 Å². The molecule has 21 heavy (non-hydrogen) atoms. The highest BCUT2D eigenvalue weighted by Crippen LogP contribution is 2.05. The van der Waals surface area contributed by atoms with Gasteiger partial charge in [-0.25, -0.2) is 0 Å². The van der Waals surface area contributed by atoms with Crippen molar-refractivity contribution in [1.82, 2.24) is 10.3 Å². The lowest BCUT2D eigenvalue weighted by Crippen LogP contribution is -2.39. The summed E-state index contributed by atoms with van der Waals surface area (Å²) in [5.74, 6) is -0.298. The molecule has 4 N–H and O–H groups in total. The largest absolute Gasteiger partial charge is 0.394 e. The molecule has 0 saturated carbocycles. The van der Waals surface area contributed by atoms with Gasteiger partial charge in [0.05, 0.1) is 12.6 Å². The summed E-state index contributed by atoms with van der Waals surface area (Å²) >= 11 is 0. The van der Waals surface area contributed by atoms with Crippen molar-refractivity contribution < 1.29 is 9.90 Å². The molecule has 0 radical (unpaired) electrons. The average Bonchev–Trinajstić information content (AvgIpc) is 2.55. The Kier molecular flexibility index (Phi) is 5.43. The molecule has 0 aliphatic carbocycles. The van der Waals surface area contributed by atoms with Crippen molar-refractivity contribution >= 4 is 5.91 Å². The first-order valence-electron chi connectivity index (χ1n) is 6.83. The number of pyridine rings is 1. The van der Waals surface area contributed by atoms with Crippen LogP contribution in [-0.4, -0.2) is 28.6 Å². The van der Waals surface area contributed by atoms with Gasteiger partial charge in [0.15, 0.2) is 0 Å². The topological polar surface area (TPSA) is 88.2 Å². The third-order valence-electron chi connectivity index (χ3n) is 3.17. The SMILES string of the molecule is NCc1ccc(C(=O)N[C@@H](CO)Cc2ccccc2)nc1. The number of nitrogens with zero attached hydrogens (tertiary/aromatic N) is 1. The molecule has 0 bridgehead atoms. The van der Waals surface area contributed by atoms with Crippen LogP contribution in [0.15, 0.2) is 48.7 Å². The Morgan fingerprint density at radius 1 is 1.19 bits per heavy atom. The Morgan fingerprint density at radius 2 is 1.95 bits per heavy atom. The van der Waals surface area contributed by atoms with Crippen LogP contribution >= 0.6 is 0 Å². The van der Waals surface area contributed by atoms with Crippen molar-refractivity contribution in [2.75, 3.05) is 6.61 Å². The number of rotatable bonds is 6. The Bertz CT molecular complexity index is 570. The molecule has 5 nitrogen and oxygen atoms in total. The summed E-state index contributed by atoms with van der Waals surface area (Å²) in [6.07, 6.45) is 2.16. The first-order chi connectivity index (χ1) is 10.2. The molecule has 1 heterocycles. The van der Waals surface area contributed by atoms with Crippen molar-refractivity contribution in [1.29, 1.82) is 0 Å². The van der Waals surface area contributed by atoms with E-state index in [2.05, 4.69) is 10.3 Å². The summed E-state index contributed by atoms with van der Waals surface area (Å²) in [7, 11) is 0. The molecule has 2 rings (SSSR count). The molecule has 1 amide bonds. The van der Waals surface area contributed by atoms with E-state index >= 15 is 0 Å². The zero-order valence-corrected chi connectivity index (χ0v) is 11.7. The minimum absolute atomic E-state index is 0.123. The number of hydrogen-bond acceptors (Lipinski definition) is 4. The van der Waals surface area contributed by atoms with Crippen LogP contribution in [0.1, 0.15) is 21.6 Å². The van der Waals surface area contributed by atoms with Gasteiger partial charge in [-0.3, -0.25) is 9.78 Å². The summed E-state index contributed by atoms with van der Waals surface area (Å²) in [5, 5.41) is 12.2. The highest BCUT2D eigenvalue weighted by atomic mass is 16.3. The van der Waals surface area contributed by atoms with E-state index in [9.17, 15) is 9.90 Å². The molecule has 1 aromatic heterocycles. The van der Waals surface area contributed by atoms with Crippen LogP contribution < -0.4 is 11.1 Å². The number of amides is 1. The van der Waals surface area contributed by atoms with Crippen LogP contribution in [0.25, 0.3) is 0 Å². The monoisotopic (exact) mass is 285 g/mol. The zero-order chi connectivity index (χ0) is 15.1. The standard InChI is InChI=1S/C16H19N3O2/c17-9-13-6-7-15(18-10-13)16(21)19-14(11-20)8-12-4-2-1-3-5-12/h1-7,10,14,20H,8-9,11,17H2,(H,19,21)/t14-/m1/s1. The Hall–Kier alpha value is -2.24. The Morgan fingerprint density at radius 3 is 2.52 bits per heavy atom. The molecule has 5 heteroatoms. The van der Waals surface area contributed by atoms with Crippen molar-refractivity contribution in [2.24, 2.45) is 5.73 Å². The molecular formula is C16H19N3O2. The molecule has 0 fully saturated rings. The summed E-state index contributed by atoms with van der Waals surface area (Å²) in [6, 6.07) is 12.8. The number of aromatic nitrogens is 1. The number of carbonyl (C=O) groups excluding carboxylic acids is 1. The van der Waals surface area contributed by atoms with Gasteiger partial charge in [-0.2, -0.15) is 0 Å². The number of aliphatic hydroxyl groups excluding tert-OH is 1. The van der Waals surface area contributed by atoms with E-state index in [0.717, 1.165) is 11.1 Å². The molecule has 0 saturated heterocycles. The summed E-state index contributed by atoms with van der Waals surface area (Å²) < 4.78 is 0. The second-order valence-electron chi connectivity index (χ2n) is 4.80. The Labute approximate surface area is 123 Å². The van der Waals surface area contributed by atoms with E-state index < -0.39 is 0 Å². The van der Waals surface area contributed by atoms with Gasteiger partial charge in [0.1, 0.15) is 5.69 Å². The second kappa shape index (κ2) is 7.52. The molecule has 0 spiro atoms. The fourth-order valence-corrected chi connectivity index (χ4v) is 2.00. The van der Waals surface area contributed by atoms with Gasteiger partial charge >= 0.3 is 0 Å². The molecule has 2 aromatic rings. The van der Waals surface area contributed by atoms with Crippen molar-refractivity contribution in [2.45, 2.75) is 19.0 Å². The fraction of sp³-hybridized carbons (Fsp3) is 0.250. The van der Waals surface area contributed by atoms with E-state index in [4.69, 9.17) is 5.73 Å². The summed E-state index contributed by atoms with van der Waals surface area (Å²) in [5.41, 5.74) is 7.74.